The third-order valence-electron chi connectivity index (χ3n) is 3.13. The molecule has 2 amide bonds. The van der Waals surface area contributed by atoms with Gasteiger partial charge in [-0.15, -0.1) is 0 Å². The maximum atomic E-state index is 12.3. The molecular formula is C12H18N4O3. The first kappa shape index (κ1) is 13.5. The van der Waals surface area contributed by atoms with Crippen molar-refractivity contribution in [2.24, 2.45) is 0 Å². The first-order chi connectivity index (χ1) is 9.20. The number of nitrogens with zero attached hydrogens (tertiary/aromatic N) is 3. The van der Waals surface area contributed by atoms with Crippen LogP contribution in [0.15, 0.2) is 10.9 Å². The summed E-state index contributed by atoms with van der Waals surface area (Å²) >= 11 is 0. The molecule has 1 aliphatic heterocycles. The molecule has 104 valence electrons. The van der Waals surface area contributed by atoms with E-state index in [0.717, 1.165) is 6.42 Å². The molecule has 0 aromatic carbocycles. The fourth-order valence-electron chi connectivity index (χ4n) is 2.14. The van der Waals surface area contributed by atoms with E-state index in [9.17, 15) is 9.59 Å². The van der Waals surface area contributed by atoms with Crippen LogP contribution in [-0.2, 0) is 16.0 Å². The largest absolute Gasteiger partial charge is 0.344 e. The SMILES string of the molecule is CCCC1NC(=O)CCN(CCc2ncno2)C1=O. The van der Waals surface area contributed by atoms with Gasteiger partial charge in [-0.2, -0.15) is 4.98 Å². The summed E-state index contributed by atoms with van der Waals surface area (Å²) < 4.78 is 4.90. The molecule has 1 aromatic rings. The van der Waals surface area contributed by atoms with Gasteiger partial charge in [-0.3, -0.25) is 9.59 Å². The van der Waals surface area contributed by atoms with E-state index in [-0.39, 0.29) is 11.8 Å². The van der Waals surface area contributed by atoms with Crippen LogP contribution in [0, 0.1) is 0 Å². The molecule has 1 fully saturated rings. The van der Waals surface area contributed by atoms with Crippen molar-refractivity contribution in [2.75, 3.05) is 13.1 Å². The zero-order chi connectivity index (χ0) is 13.7. The van der Waals surface area contributed by atoms with Gasteiger partial charge in [0.15, 0.2) is 6.33 Å². The molecule has 0 saturated carbocycles. The van der Waals surface area contributed by atoms with E-state index in [2.05, 4.69) is 15.5 Å². The Hall–Kier alpha value is -1.92. The van der Waals surface area contributed by atoms with Crippen LogP contribution in [0.1, 0.15) is 32.1 Å². The van der Waals surface area contributed by atoms with Crippen molar-refractivity contribution in [3.63, 3.8) is 0 Å². The van der Waals surface area contributed by atoms with E-state index in [1.165, 1.54) is 6.33 Å². The van der Waals surface area contributed by atoms with Crippen LogP contribution < -0.4 is 5.32 Å². The van der Waals surface area contributed by atoms with Gasteiger partial charge in [0.1, 0.15) is 6.04 Å². The number of hydrogen-bond donors (Lipinski definition) is 1. The lowest BCUT2D eigenvalue weighted by molar-refractivity contribution is -0.133. The molecule has 2 rings (SSSR count). The van der Waals surface area contributed by atoms with Gasteiger partial charge in [-0.1, -0.05) is 18.5 Å². The molecule has 0 radical (unpaired) electrons. The lowest BCUT2D eigenvalue weighted by atomic mass is 10.1. The van der Waals surface area contributed by atoms with Crippen molar-refractivity contribution in [1.82, 2.24) is 20.4 Å². The Bertz CT molecular complexity index is 432. The number of hydrogen-bond acceptors (Lipinski definition) is 5. The van der Waals surface area contributed by atoms with Crippen LogP contribution in [0.4, 0.5) is 0 Å². The van der Waals surface area contributed by atoms with E-state index in [4.69, 9.17) is 4.52 Å². The maximum Gasteiger partial charge on any atom is 0.245 e. The summed E-state index contributed by atoms with van der Waals surface area (Å²) in [6.45, 7) is 2.93. The average Bonchev–Trinajstić information content (AvgIpc) is 2.86. The molecule has 1 atom stereocenters. The van der Waals surface area contributed by atoms with Crippen molar-refractivity contribution in [3.05, 3.63) is 12.2 Å². The lowest BCUT2D eigenvalue weighted by Crippen LogP contribution is -2.45. The molecule has 1 aromatic heterocycles. The van der Waals surface area contributed by atoms with Crippen LogP contribution in [0.5, 0.6) is 0 Å². The van der Waals surface area contributed by atoms with Gasteiger partial charge in [0.05, 0.1) is 0 Å². The van der Waals surface area contributed by atoms with E-state index < -0.39 is 6.04 Å². The smallest absolute Gasteiger partial charge is 0.245 e. The highest BCUT2D eigenvalue weighted by molar-refractivity contribution is 5.89. The summed E-state index contributed by atoms with van der Waals surface area (Å²) in [4.78, 5) is 29.5. The van der Waals surface area contributed by atoms with Crippen molar-refractivity contribution >= 4 is 11.8 Å². The molecule has 0 spiro atoms. The molecule has 1 N–H and O–H groups in total. The molecule has 1 unspecified atom stereocenters. The van der Waals surface area contributed by atoms with E-state index >= 15 is 0 Å². The van der Waals surface area contributed by atoms with Crippen molar-refractivity contribution in [3.8, 4) is 0 Å². The third-order valence-corrected chi connectivity index (χ3v) is 3.13. The van der Waals surface area contributed by atoms with Gasteiger partial charge in [0.25, 0.3) is 0 Å². The van der Waals surface area contributed by atoms with E-state index in [0.29, 0.717) is 38.2 Å². The Morgan fingerprint density at radius 1 is 1.53 bits per heavy atom. The van der Waals surface area contributed by atoms with Gasteiger partial charge >= 0.3 is 0 Å². The second-order valence-electron chi connectivity index (χ2n) is 4.57. The summed E-state index contributed by atoms with van der Waals surface area (Å²) in [5.74, 6) is 0.419. The number of nitrogens with one attached hydrogen (secondary N) is 1. The molecule has 19 heavy (non-hydrogen) atoms. The Kier molecular flexibility index (Phi) is 4.48. The zero-order valence-corrected chi connectivity index (χ0v) is 11.0. The summed E-state index contributed by atoms with van der Waals surface area (Å²) in [6.07, 6.45) is 3.72. The molecule has 7 nitrogen and oxygen atoms in total. The Morgan fingerprint density at radius 2 is 2.37 bits per heavy atom. The minimum Gasteiger partial charge on any atom is -0.344 e. The topological polar surface area (TPSA) is 88.3 Å². The van der Waals surface area contributed by atoms with Gasteiger partial charge < -0.3 is 14.7 Å². The van der Waals surface area contributed by atoms with Crippen LogP contribution >= 0.6 is 0 Å². The minimum absolute atomic E-state index is 0.0211. The number of carbonyl (C=O) groups excluding carboxylic acids is 2. The molecule has 1 aliphatic rings. The summed E-state index contributed by atoms with van der Waals surface area (Å²) in [7, 11) is 0. The Labute approximate surface area is 111 Å². The Morgan fingerprint density at radius 3 is 3.05 bits per heavy atom. The normalized spacial score (nSPS) is 20.3. The maximum absolute atomic E-state index is 12.3. The summed E-state index contributed by atoms with van der Waals surface area (Å²) in [6, 6.07) is -0.400. The minimum atomic E-state index is -0.400. The number of amides is 2. The first-order valence-electron chi connectivity index (χ1n) is 6.54. The van der Waals surface area contributed by atoms with Crippen LogP contribution in [0.25, 0.3) is 0 Å². The molecule has 2 heterocycles. The van der Waals surface area contributed by atoms with Gasteiger partial charge in [0.2, 0.25) is 17.7 Å². The van der Waals surface area contributed by atoms with Gasteiger partial charge in [-0.25, -0.2) is 0 Å². The summed E-state index contributed by atoms with van der Waals surface area (Å²) in [5, 5.41) is 6.30. The van der Waals surface area contributed by atoms with Crippen LogP contribution in [0.3, 0.4) is 0 Å². The number of carbonyl (C=O) groups is 2. The highest BCUT2D eigenvalue weighted by Crippen LogP contribution is 2.09. The third kappa shape index (κ3) is 3.52. The summed E-state index contributed by atoms with van der Waals surface area (Å²) in [5.41, 5.74) is 0. The first-order valence-corrected chi connectivity index (χ1v) is 6.54. The van der Waals surface area contributed by atoms with E-state index in [1.807, 2.05) is 6.92 Å². The monoisotopic (exact) mass is 266 g/mol. The fourth-order valence-corrected chi connectivity index (χ4v) is 2.14. The second kappa shape index (κ2) is 6.31. The molecule has 7 heteroatoms. The predicted octanol–water partition coefficient (Wildman–Crippen LogP) is 0.129. The van der Waals surface area contributed by atoms with E-state index in [1.54, 1.807) is 4.90 Å². The highest BCUT2D eigenvalue weighted by Gasteiger charge is 2.28. The number of aromatic nitrogens is 2. The molecular weight excluding hydrogens is 248 g/mol. The lowest BCUT2D eigenvalue weighted by Gasteiger charge is -2.23. The molecule has 0 bridgehead atoms. The van der Waals surface area contributed by atoms with Crippen LogP contribution in [0.2, 0.25) is 0 Å². The highest BCUT2D eigenvalue weighted by atomic mass is 16.5. The molecule has 0 aliphatic carbocycles. The van der Waals surface area contributed by atoms with Crippen molar-refractivity contribution < 1.29 is 14.1 Å². The van der Waals surface area contributed by atoms with Crippen molar-refractivity contribution in [2.45, 2.75) is 38.6 Å². The van der Waals surface area contributed by atoms with Gasteiger partial charge in [0, 0.05) is 25.9 Å². The zero-order valence-electron chi connectivity index (χ0n) is 11.0. The number of rotatable bonds is 5. The fraction of sp³-hybridized carbons (Fsp3) is 0.667. The van der Waals surface area contributed by atoms with Crippen molar-refractivity contribution in [1.29, 1.82) is 0 Å². The second-order valence-corrected chi connectivity index (χ2v) is 4.57. The quantitative estimate of drug-likeness (QED) is 0.818. The standard InChI is InChI=1S/C12H18N4O3/c1-2-3-9-12(18)16(6-4-10(17)15-9)7-5-11-13-8-14-19-11/h8-9H,2-7H2,1H3,(H,15,17). The van der Waals surface area contributed by atoms with Crippen LogP contribution in [-0.4, -0.2) is 46.0 Å². The molecule has 1 saturated heterocycles. The Balaban J connectivity index is 1.97. The van der Waals surface area contributed by atoms with Gasteiger partial charge in [-0.05, 0) is 6.42 Å². The average molecular weight is 266 g/mol. The predicted molar refractivity (Wildman–Crippen MR) is 66.0 cm³/mol.